The zero-order valence-corrected chi connectivity index (χ0v) is 10.3. The van der Waals surface area contributed by atoms with Crippen molar-refractivity contribution in [1.29, 1.82) is 0 Å². The Morgan fingerprint density at radius 3 is 2.13 bits per heavy atom. The quantitative estimate of drug-likeness (QED) is 0.819. The van der Waals surface area contributed by atoms with Crippen LogP contribution in [-0.4, -0.2) is 13.2 Å². The number of hydrogen-bond donors (Lipinski definition) is 1. The zero-order valence-electron chi connectivity index (χ0n) is 10.3. The number of nitrogens with one attached hydrogen (secondary N) is 1. The minimum atomic E-state index is 0.521. The summed E-state index contributed by atoms with van der Waals surface area (Å²) in [6.07, 6.45) is 0. The molecule has 0 atom stereocenters. The van der Waals surface area contributed by atoms with Crippen LogP contribution in [0.3, 0.4) is 0 Å². The molecule has 0 radical (unpaired) electrons. The fourth-order valence-electron chi connectivity index (χ4n) is 1.79. The first-order valence-electron chi connectivity index (χ1n) is 5.42. The van der Waals surface area contributed by atoms with Crippen molar-refractivity contribution >= 4 is 0 Å². The smallest absolute Gasteiger partial charge is 0.124 e. The molecule has 1 N–H and O–H groups in total. The molecule has 0 spiro atoms. The summed E-state index contributed by atoms with van der Waals surface area (Å²) in [7, 11) is 1.72. The monoisotopic (exact) mass is 207 g/mol. The van der Waals surface area contributed by atoms with E-state index in [2.05, 4.69) is 45.1 Å². The molecule has 0 saturated carbocycles. The van der Waals surface area contributed by atoms with Gasteiger partial charge in [0.2, 0.25) is 0 Å². The summed E-state index contributed by atoms with van der Waals surface area (Å²) in [5, 5.41) is 3.41. The molecule has 15 heavy (non-hydrogen) atoms. The molecule has 0 aromatic heterocycles. The van der Waals surface area contributed by atoms with Gasteiger partial charge in [-0.05, 0) is 30.5 Å². The fourth-order valence-corrected chi connectivity index (χ4v) is 1.79. The molecule has 1 aromatic rings. The van der Waals surface area contributed by atoms with E-state index < -0.39 is 0 Å². The van der Waals surface area contributed by atoms with Gasteiger partial charge in [-0.1, -0.05) is 26.0 Å². The Hall–Kier alpha value is -1.02. The Morgan fingerprint density at radius 2 is 1.73 bits per heavy atom. The van der Waals surface area contributed by atoms with Gasteiger partial charge in [0, 0.05) is 12.6 Å². The lowest BCUT2D eigenvalue weighted by Crippen LogP contribution is -2.21. The van der Waals surface area contributed by atoms with E-state index in [1.807, 2.05) is 0 Å². The van der Waals surface area contributed by atoms with Crippen molar-refractivity contribution in [2.45, 2.75) is 40.3 Å². The first kappa shape index (κ1) is 12.1. The molecule has 0 aliphatic carbocycles. The van der Waals surface area contributed by atoms with Gasteiger partial charge >= 0.3 is 0 Å². The number of aryl methyl sites for hydroxylation is 2. The fraction of sp³-hybridized carbons (Fsp3) is 0.538. The van der Waals surface area contributed by atoms with Crippen LogP contribution in [0.1, 0.15) is 30.5 Å². The summed E-state index contributed by atoms with van der Waals surface area (Å²) in [5.74, 6) is 1.00. The summed E-state index contributed by atoms with van der Waals surface area (Å²) in [4.78, 5) is 0. The molecule has 1 rings (SSSR count). The number of benzene rings is 1. The molecule has 0 fully saturated rings. The van der Waals surface area contributed by atoms with E-state index in [1.165, 1.54) is 16.7 Å². The van der Waals surface area contributed by atoms with Crippen molar-refractivity contribution in [3.63, 3.8) is 0 Å². The second kappa shape index (κ2) is 5.17. The van der Waals surface area contributed by atoms with Crippen LogP contribution < -0.4 is 10.1 Å². The minimum absolute atomic E-state index is 0.521. The lowest BCUT2D eigenvalue weighted by atomic mass is 10.1. The summed E-state index contributed by atoms with van der Waals surface area (Å²) in [6.45, 7) is 9.41. The third kappa shape index (κ3) is 3.24. The first-order chi connectivity index (χ1) is 7.04. The Kier molecular flexibility index (Phi) is 4.15. The van der Waals surface area contributed by atoms with Crippen molar-refractivity contribution in [1.82, 2.24) is 5.32 Å². The highest BCUT2D eigenvalue weighted by atomic mass is 16.5. The molecule has 84 valence electrons. The summed E-state index contributed by atoms with van der Waals surface area (Å²) >= 11 is 0. The predicted molar refractivity (Wildman–Crippen MR) is 64.4 cm³/mol. The van der Waals surface area contributed by atoms with Crippen LogP contribution in [0.15, 0.2) is 12.1 Å². The normalized spacial score (nSPS) is 10.8. The Labute approximate surface area is 92.6 Å². The third-order valence-corrected chi connectivity index (χ3v) is 2.44. The Balaban J connectivity index is 2.84. The second-order valence-corrected chi connectivity index (χ2v) is 4.30. The van der Waals surface area contributed by atoms with E-state index in [4.69, 9.17) is 4.74 Å². The third-order valence-electron chi connectivity index (χ3n) is 2.44. The van der Waals surface area contributed by atoms with Gasteiger partial charge in [-0.2, -0.15) is 0 Å². The van der Waals surface area contributed by atoms with Gasteiger partial charge in [-0.25, -0.2) is 0 Å². The summed E-state index contributed by atoms with van der Waals surface area (Å²) in [6, 6.07) is 4.88. The topological polar surface area (TPSA) is 21.3 Å². The van der Waals surface area contributed by atoms with Gasteiger partial charge < -0.3 is 10.1 Å². The predicted octanol–water partition coefficient (Wildman–Crippen LogP) is 2.81. The van der Waals surface area contributed by atoms with E-state index in [9.17, 15) is 0 Å². The first-order valence-corrected chi connectivity index (χ1v) is 5.42. The highest BCUT2D eigenvalue weighted by molar-refractivity contribution is 5.43. The van der Waals surface area contributed by atoms with Crippen LogP contribution >= 0.6 is 0 Å². The van der Waals surface area contributed by atoms with Crippen LogP contribution in [0, 0.1) is 13.8 Å². The average Bonchev–Trinajstić information content (AvgIpc) is 2.14. The van der Waals surface area contributed by atoms with Crippen molar-refractivity contribution in [2.24, 2.45) is 0 Å². The largest absolute Gasteiger partial charge is 0.496 e. The number of hydrogen-bond acceptors (Lipinski definition) is 2. The van der Waals surface area contributed by atoms with Crippen LogP contribution in [0.25, 0.3) is 0 Å². The van der Waals surface area contributed by atoms with Gasteiger partial charge in [-0.15, -0.1) is 0 Å². The van der Waals surface area contributed by atoms with E-state index in [0.717, 1.165) is 12.3 Å². The molecule has 2 heteroatoms. The molecule has 0 amide bonds. The van der Waals surface area contributed by atoms with E-state index >= 15 is 0 Å². The van der Waals surface area contributed by atoms with Crippen LogP contribution in [0.5, 0.6) is 5.75 Å². The zero-order chi connectivity index (χ0) is 11.4. The van der Waals surface area contributed by atoms with Crippen molar-refractivity contribution in [3.05, 3.63) is 28.8 Å². The van der Waals surface area contributed by atoms with Gasteiger partial charge in [-0.3, -0.25) is 0 Å². The SMILES string of the molecule is COc1c(C)cc(CNC(C)C)cc1C. The standard InChI is InChI=1S/C13H21NO/c1-9(2)14-8-12-6-10(3)13(15-5)11(4)7-12/h6-7,9,14H,8H2,1-5H3. The van der Waals surface area contributed by atoms with Crippen LogP contribution in [-0.2, 0) is 6.54 Å². The number of ether oxygens (including phenoxy) is 1. The Bertz CT molecular complexity index is 308. The van der Waals surface area contributed by atoms with Gasteiger partial charge in [0.15, 0.2) is 0 Å². The lowest BCUT2D eigenvalue weighted by molar-refractivity contribution is 0.408. The summed E-state index contributed by atoms with van der Waals surface area (Å²) in [5.41, 5.74) is 3.73. The van der Waals surface area contributed by atoms with Crippen molar-refractivity contribution in [2.75, 3.05) is 7.11 Å². The van der Waals surface area contributed by atoms with Crippen molar-refractivity contribution < 1.29 is 4.74 Å². The van der Waals surface area contributed by atoms with E-state index in [-0.39, 0.29) is 0 Å². The number of methoxy groups -OCH3 is 1. The molecular formula is C13H21NO. The molecule has 0 aliphatic rings. The van der Waals surface area contributed by atoms with Gasteiger partial charge in [0.05, 0.1) is 7.11 Å². The maximum Gasteiger partial charge on any atom is 0.124 e. The highest BCUT2D eigenvalue weighted by Crippen LogP contribution is 2.24. The highest BCUT2D eigenvalue weighted by Gasteiger charge is 2.05. The molecule has 0 unspecified atom stereocenters. The molecule has 0 heterocycles. The molecule has 0 bridgehead atoms. The molecular weight excluding hydrogens is 186 g/mol. The molecule has 0 aliphatic heterocycles. The van der Waals surface area contributed by atoms with Crippen molar-refractivity contribution in [3.8, 4) is 5.75 Å². The molecule has 0 saturated heterocycles. The van der Waals surface area contributed by atoms with Crippen LogP contribution in [0.4, 0.5) is 0 Å². The maximum atomic E-state index is 5.34. The van der Waals surface area contributed by atoms with Crippen LogP contribution in [0.2, 0.25) is 0 Å². The average molecular weight is 207 g/mol. The second-order valence-electron chi connectivity index (χ2n) is 4.30. The Morgan fingerprint density at radius 1 is 1.20 bits per heavy atom. The minimum Gasteiger partial charge on any atom is -0.496 e. The number of rotatable bonds is 4. The van der Waals surface area contributed by atoms with E-state index in [0.29, 0.717) is 6.04 Å². The van der Waals surface area contributed by atoms with Gasteiger partial charge in [0.25, 0.3) is 0 Å². The molecule has 2 nitrogen and oxygen atoms in total. The summed E-state index contributed by atoms with van der Waals surface area (Å²) < 4.78 is 5.34. The van der Waals surface area contributed by atoms with E-state index in [1.54, 1.807) is 7.11 Å². The lowest BCUT2D eigenvalue weighted by Gasteiger charge is -2.13. The maximum absolute atomic E-state index is 5.34. The van der Waals surface area contributed by atoms with Gasteiger partial charge in [0.1, 0.15) is 5.75 Å². The molecule has 1 aromatic carbocycles.